The number of carbonyl (C=O) groups excluding carboxylic acids is 4. The summed E-state index contributed by atoms with van der Waals surface area (Å²) < 4.78 is 0. The number of primary amides is 1. The molecular weight excluding hydrogens is 384 g/mol. The zero-order chi connectivity index (χ0) is 20.6. The number of nitrogens with two attached hydrogens (primary N) is 1. The molecule has 2 saturated heterocycles. The Balaban J connectivity index is 1.93. The molecule has 0 bridgehead atoms. The summed E-state index contributed by atoms with van der Waals surface area (Å²) in [6.45, 7) is 5.27. The number of hydrogen-bond acceptors (Lipinski definition) is 5. The fourth-order valence-corrected chi connectivity index (χ4v) is 5.07. The molecular formula is C19H21ClN4O4. The number of benzene rings is 1. The summed E-state index contributed by atoms with van der Waals surface area (Å²) >= 11 is 6.25. The van der Waals surface area contributed by atoms with Crippen LogP contribution < -0.4 is 16.4 Å². The highest BCUT2D eigenvalue weighted by molar-refractivity contribution is 6.35. The van der Waals surface area contributed by atoms with E-state index in [2.05, 4.69) is 10.6 Å². The van der Waals surface area contributed by atoms with Crippen LogP contribution in [0, 0.1) is 11.8 Å². The second kappa shape index (κ2) is 5.78. The van der Waals surface area contributed by atoms with Crippen molar-refractivity contribution in [2.45, 2.75) is 44.3 Å². The molecule has 0 radical (unpaired) electrons. The van der Waals surface area contributed by atoms with E-state index in [0.717, 1.165) is 0 Å². The number of rotatable bonds is 2. The topological polar surface area (TPSA) is 122 Å². The second-order valence-corrected chi connectivity index (χ2v) is 8.94. The van der Waals surface area contributed by atoms with Gasteiger partial charge in [0.1, 0.15) is 5.54 Å². The van der Waals surface area contributed by atoms with Gasteiger partial charge in [0.2, 0.25) is 23.6 Å². The molecule has 4 N–H and O–H groups in total. The molecule has 3 aliphatic rings. The fraction of sp³-hybridized carbons (Fsp3) is 0.474. The molecule has 4 rings (SSSR count). The zero-order valence-corrected chi connectivity index (χ0v) is 16.5. The molecule has 4 atom stereocenters. The van der Waals surface area contributed by atoms with Gasteiger partial charge in [0.25, 0.3) is 0 Å². The lowest BCUT2D eigenvalue weighted by atomic mass is 9.76. The van der Waals surface area contributed by atoms with Gasteiger partial charge in [-0.1, -0.05) is 23.7 Å². The molecule has 1 aromatic rings. The van der Waals surface area contributed by atoms with E-state index in [4.69, 9.17) is 17.3 Å². The van der Waals surface area contributed by atoms with Crippen molar-refractivity contribution in [3.63, 3.8) is 0 Å². The van der Waals surface area contributed by atoms with Crippen molar-refractivity contribution >= 4 is 40.9 Å². The predicted molar refractivity (Wildman–Crippen MR) is 101 cm³/mol. The average molecular weight is 405 g/mol. The molecule has 4 amide bonds. The highest BCUT2D eigenvalue weighted by atomic mass is 35.5. The second-order valence-electron chi connectivity index (χ2n) is 8.53. The molecule has 3 aliphatic heterocycles. The van der Waals surface area contributed by atoms with Crippen LogP contribution >= 0.6 is 11.6 Å². The number of imide groups is 1. The largest absolute Gasteiger partial charge is 0.370 e. The minimum Gasteiger partial charge on any atom is -0.370 e. The number of likely N-dealkylation sites (tertiary alicyclic amines) is 1. The fourth-order valence-electron chi connectivity index (χ4n) is 4.85. The summed E-state index contributed by atoms with van der Waals surface area (Å²) in [5, 5.41) is 6.21. The van der Waals surface area contributed by atoms with Crippen molar-refractivity contribution in [3.8, 4) is 0 Å². The van der Waals surface area contributed by atoms with E-state index in [1.807, 2.05) is 0 Å². The Morgan fingerprint density at radius 2 is 1.93 bits per heavy atom. The van der Waals surface area contributed by atoms with Crippen LogP contribution in [0.15, 0.2) is 18.2 Å². The summed E-state index contributed by atoms with van der Waals surface area (Å²) in [5.41, 5.74) is 4.07. The Morgan fingerprint density at radius 1 is 1.25 bits per heavy atom. The van der Waals surface area contributed by atoms with Crippen molar-refractivity contribution in [2.75, 3.05) is 5.32 Å². The number of halogens is 1. The Labute approximate surface area is 166 Å². The lowest BCUT2D eigenvalue weighted by molar-refractivity contribution is -0.147. The molecule has 0 aliphatic carbocycles. The molecule has 8 nitrogen and oxygen atoms in total. The van der Waals surface area contributed by atoms with Gasteiger partial charge in [-0.05, 0) is 26.8 Å². The van der Waals surface area contributed by atoms with Gasteiger partial charge >= 0.3 is 0 Å². The minimum atomic E-state index is -1.47. The minimum absolute atomic E-state index is 0.164. The van der Waals surface area contributed by atoms with E-state index >= 15 is 0 Å². The number of nitrogens with zero attached hydrogens (tertiary/aromatic N) is 1. The highest BCUT2D eigenvalue weighted by Crippen LogP contribution is 2.55. The van der Waals surface area contributed by atoms with E-state index in [0.29, 0.717) is 16.3 Å². The maximum absolute atomic E-state index is 13.4. The number of anilines is 1. The van der Waals surface area contributed by atoms with Crippen molar-refractivity contribution in [2.24, 2.45) is 17.6 Å². The number of amides is 4. The van der Waals surface area contributed by atoms with E-state index in [-0.39, 0.29) is 6.42 Å². The normalized spacial score (nSPS) is 31.4. The molecule has 3 heterocycles. The van der Waals surface area contributed by atoms with E-state index in [9.17, 15) is 19.2 Å². The van der Waals surface area contributed by atoms with E-state index in [1.165, 1.54) is 4.90 Å². The quantitative estimate of drug-likeness (QED) is 0.627. The number of para-hydroxylation sites is 1. The Hall–Kier alpha value is -2.45. The molecule has 28 heavy (non-hydrogen) atoms. The number of nitrogens with one attached hydrogen (secondary N) is 2. The van der Waals surface area contributed by atoms with Crippen LogP contribution in [0.4, 0.5) is 5.69 Å². The van der Waals surface area contributed by atoms with Crippen molar-refractivity contribution in [1.29, 1.82) is 0 Å². The summed E-state index contributed by atoms with van der Waals surface area (Å²) in [6, 6.07) is 4.29. The maximum atomic E-state index is 13.4. The van der Waals surface area contributed by atoms with Gasteiger partial charge in [0.15, 0.2) is 0 Å². The first kappa shape index (κ1) is 18.9. The van der Waals surface area contributed by atoms with Crippen LogP contribution in [0.2, 0.25) is 5.02 Å². The van der Waals surface area contributed by atoms with Gasteiger partial charge in [-0.25, -0.2) is 0 Å². The van der Waals surface area contributed by atoms with Crippen LogP contribution in [0.25, 0.3) is 0 Å². The zero-order valence-electron chi connectivity index (χ0n) is 15.7. The maximum Gasteiger partial charge on any atom is 0.250 e. The lowest BCUT2D eigenvalue weighted by Gasteiger charge is -2.34. The third-order valence-corrected chi connectivity index (χ3v) is 6.11. The van der Waals surface area contributed by atoms with Gasteiger partial charge in [-0.3, -0.25) is 29.4 Å². The molecule has 148 valence electrons. The van der Waals surface area contributed by atoms with Crippen molar-refractivity contribution in [1.82, 2.24) is 10.2 Å². The van der Waals surface area contributed by atoms with Gasteiger partial charge in [0, 0.05) is 23.6 Å². The summed E-state index contributed by atoms with van der Waals surface area (Å²) in [5.74, 6) is -3.77. The SMILES string of the molecule is CC(C)(C)N1C(=O)[C@H]2[C@H](CC(N)=O)N[C@@]3(C(=O)Nc4c(Cl)cccc43)[C@@H]2C1=O. The van der Waals surface area contributed by atoms with Crippen molar-refractivity contribution < 1.29 is 19.2 Å². The third kappa shape index (κ3) is 2.28. The molecule has 1 aromatic carbocycles. The van der Waals surface area contributed by atoms with Crippen LogP contribution in [0.3, 0.4) is 0 Å². The van der Waals surface area contributed by atoms with Crippen LogP contribution in [0.5, 0.6) is 0 Å². The molecule has 2 fully saturated rings. The first-order valence-electron chi connectivity index (χ1n) is 9.04. The monoisotopic (exact) mass is 404 g/mol. The number of carbonyl (C=O) groups is 4. The Kier molecular flexibility index (Phi) is 3.90. The lowest BCUT2D eigenvalue weighted by Crippen LogP contribution is -2.56. The van der Waals surface area contributed by atoms with Gasteiger partial charge in [-0.2, -0.15) is 0 Å². The molecule has 0 aromatic heterocycles. The highest BCUT2D eigenvalue weighted by Gasteiger charge is 2.71. The van der Waals surface area contributed by atoms with Gasteiger partial charge in [0.05, 0.1) is 22.5 Å². The van der Waals surface area contributed by atoms with Crippen molar-refractivity contribution in [3.05, 3.63) is 28.8 Å². The number of fused-ring (bicyclic) bond motifs is 4. The summed E-state index contributed by atoms with van der Waals surface area (Å²) in [6.07, 6.45) is -0.164. The van der Waals surface area contributed by atoms with E-state index in [1.54, 1.807) is 39.0 Å². The first-order valence-corrected chi connectivity index (χ1v) is 9.42. The average Bonchev–Trinajstić information content (AvgIpc) is 3.13. The van der Waals surface area contributed by atoms with Crippen LogP contribution in [0.1, 0.15) is 32.8 Å². The smallest absolute Gasteiger partial charge is 0.250 e. The van der Waals surface area contributed by atoms with Gasteiger partial charge in [-0.15, -0.1) is 0 Å². The van der Waals surface area contributed by atoms with E-state index < -0.39 is 52.6 Å². The molecule has 1 spiro atoms. The standard InChI is InChI=1S/C19H21ClN4O4/c1-18(2,3)24-15(26)12-10(7-11(21)25)23-19(13(12)16(24)27)8-5-4-6-9(20)14(8)22-17(19)28/h4-6,10,12-13,23H,7H2,1-3H3,(H2,21,25)(H,22,28)/t10-,12-,13-,19+/m0/s1. The first-order chi connectivity index (χ1) is 13.0. The summed E-state index contributed by atoms with van der Waals surface area (Å²) in [4.78, 5) is 52.6. The van der Waals surface area contributed by atoms with Crippen LogP contribution in [-0.2, 0) is 24.7 Å². The molecule has 0 saturated carbocycles. The summed E-state index contributed by atoms with van der Waals surface area (Å²) in [7, 11) is 0. The Morgan fingerprint density at radius 3 is 2.54 bits per heavy atom. The molecule has 0 unspecified atom stereocenters. The predicted octanol–water partition coefficient (Wildman–Crippen LogP) is 0.734. The molecule has 9 heteroatoms. The third-order valence-electron chi connectivity index (χ3n) is 5.79. The van der Waals surface area contributed by atoms with Gasteiger partial charge < -0.3 is 11.1 Å². The van der Waals surface area contributed by atoms with Crippen LogP contribution in [-0.4, -0.2) is 40.1 Å². The number of hydrogen-bond donors (Lipinski definition) is 3. The Bertz CT molecular complexity index is 940.